The van der Waals surface area contributed by atoms with Crippen molar-refractivity contribution < 1.29 is 9.53 Å². The average molecular weight is 309 g/mol. The summed E-state index contributed by atoms with van der Waals surface area (Å²) in [7, 11) is 0. The molecule has 0 aliphatic rings. The van der Waals surface area contributed by atoms with E-state index >= 15 is 0 Å². The molecule has 0 aliphatic carbocycles. The average Bonchev–Trinajstić information content (AvgIpc) is 2.51. The summed E-state index contributed by atoms with van der Waals surface area (Å²) in [6.07, 6.45) is 23.1. The fourth-order valence-corrected chi connectivity index (χ4v) is 2.31. The number of hydrogen-bond acceptors (Lipinski definition) is 2. The van der Waals surface area contributed by atoms with E-state index in [-0.39, 0.29) is 5.97 Å². The zero-order valence-corrected chi connectivity index (χ0v) is 14.8. The van der Waals surface area contributed by atoms with Gasteiger partial charge in [0, 0.05) is 6.42 Å². The van der Waals surface area contributed by atoms with Crippen LogP contribution in [-0.4, -0.2) is 12.6 Å². The lowest BCUT2D eigenvalue weighted by molar-refractivity contribution is -0.143. The molecule has 0 N–H and O–H groups in total. The van der Waals surface area contributed by atoms with Crippen molar-refractivity contribution in [3.63, 3.8) is 0 Å². The fraction of sp³-hybridized carbons (Fsp3) is 0.750. The summed E-state index contributed by atoms with van der Waals surface area (Å²) in [5, 5.41) is 0. The molecular formula is C20H36O2. The third-order valence-corrected chi connectivity index (χ3v) is 3.64. The molecule has 2 nitrogen and oxygen atoms in total. The van der Waals surface area contributed by atoms with E-state index in [1.165, 1.54) is 51.4 Å². The van der Waals surface area contributed by atoms with Crippen molar-refractivity contribution in [1.82, 2.24) is 0 Å². The summed E-state index contributed by atoms with van der Waals surface area (Å²) in [4.78, 5) is 11.1. The second-order valence-electron chi connectivity index (χ2n) is 5.79. The number of unbranched alkanes of at least 4 members (excludes halogenated alkanes) is 8. The Morgan fingerprint density at radius 1 is 0.773 bits per heavy atom. The molecule has 0 amide bonds. The normalized spacial score (nSPS) is 11.5. The van der Waals surface area contributed by atoms with E-state index in [0.29, 0.717) is 13.0 Å². The second-order valence-corrected chi connectivity index (χ2v) is 5.79. The van der Waals surface area contributed by atoms with Crippen LogP contribution in [0.25, 0.3) is 0 Å². The summed E-state index contributed by atoms with van der Waals surface area (Å²) in [6.45, 7) is 4.60. The Morgan fingerprint density at radius 3 is 2.00 bits per heavy atom. The standard InChI is InChI=1S/C20H36O2/c1-3-5-6-7-8-9-10-11-12-13-14-15-16-17-18-19-20(21)22-4-2/h8-9,11-12H,3-7,10,13-19H2,1-2H3. The number of carbonyl (C=O) groups is 1. The van der Waals surface area contributed by atoms with Crippen LogP contribution in [0.5, 0.6) is 0 Å². The van der Waals surface area contributed by atoms with Crippen LogP contribution in [0.1, 0.15) is 90.9 Å². The van der Waals surface area contributed by atoms with Gasteiger partial charge >= 0.3 is 5.97 Å². The highest BCUT2D eigenvalue weighted by atomic mass is 16.5. The molecule has 0 saturated heterocycles. The highest BCUT2D eigenvalue weighted by molar-refractivity contribution is 5.69. The van der Waals surface area contributed by atoms with Crippen molar-refractivity contribution >= 4 is 5.97 Å². The van der Waals surface area contributed by atoms with Crippen LogP contribution in [0, 0.1) is 0 Å². The molecule has 0 atom stereocenters. The van der Waals surface area contributed by atoms with E-state index in [0.717, 1.165) is 19.3 Å². The third kappa shape index (κ3) is 17.0. The molecule has 0 aromatic carbocycles. The van der Waals surface area contributed by atoms with Crippen LogP contribution in [-0.2, 0) is 9.53 Å². The lowest BCUT2D eigenvalue weighted by atomic mass is 10.1. The molecule has 2 heteroatoms. The van der Waals surface area contributed by atoms with Gasteiger partial charge in [-0.3, -0.25) is 4.79 Å². The minimum atomic E-state index is -0.0480. The molecule has 0 rings (SSSR count). The Morgan fingerprint density at radius 2 is 1.36 bits per heavy atom. The van der Waals surface area contributed by atoms with Gasteiger partial charge in [0.2, 0.25) is 0 Å². The minimum absolute atomic E-state index is 0.0480. The Labute approximate surface area is 138 Å². The summed E-state index contributed by atoms with van der Waals surface area (Å²) < 4.78 is 4.91. The third-order valence-electron chi connectivity index (χ3n) is 3.64. The first-order valence-corrected chi connectivity index (χ1v) is 9.26. The van der Waals surface area contributed by atoms with E-state index in [1.54, 1.807) is 0 Å². The van der Waals surface area contributed by atoms with Crippen molar-refractivity contribution in [2.24, 2.45) is 0 Å². The van der Waals surface area contributed by atoms with Crippen molar-refractivity contribution in [3.8, 4) is 0 Å². The van der Waals surface area contributed by atoms with Gasteiger partial charge in [0.1, 0.15) is 0 Å². The van der Waals surface area contributed by atoms with Gasteiger partial charge in [-0.25, -0.2) is 0 Å². The van der Waals surface area contributed by atoms with Gasteiger partial charge in [0.15, 0.2) is 0 Å². The minimum Gasteiger partial charge on any atom is -0.466 e. The molecule has 0 fully saturated rings. The Bertz CT molecular complexity index is 292. The molecule has 22 heavy (non-hydrogen) atoms. The molecule has 0 aliphatic heterocycles. The Hall–Kier alpha value is -1.05. The first-order chi connectivity index (χ1) is 10.8. The molecule has 0 radical (unpaired) electrons. The topological polar surface area (TPSA) is 26.3 Å². The summed E-state index contributed by atoms with van der Waals surface area (Å²) in [5.41, 5.74) is 0. The molecule has 128 valence electrons. The van der Waals surface area contributed by atoms with E-state index in [2.05, 4.69) is 31.2 Å². The lowest BCUT2D eigenvalue weighted by Gasteiger charge is -2.01. The largest absolute Gasteiger partial charge is 0.466 e. The molecule has 0 saturated carbocycles. The first-order valence-electron chi connectivity index (χ1n) is 9.26. The molecule has 0 aromatic heterocycles. The van der Waals surface area contributed by atoms with Gasteiger partial charge in [-0.15, -0.1) is 0 Å². The summed E-state index contributed by atoms with van der Waals surface area (Å²) >= 11 is 0. The predicted molar refractivity (Wildman–Crippen MR) is 96.0 cm³/mol. The molecule has 0 spiro atoms. The number of esters is 1. The quantitative estimate of drug-likeness (QED) is 0.200. The van der Waals surface area contributed by atoms with Gasteiger partial charge in [0.25, 0.3) is 0 Å². The molecule has 0 unspecified atom stereocenters. The fourth-order valence-electron chi connectivity index (χ4n) is 2.31. The first kappa shape index (κ1) is 20.9. The van der Waals surface area contributed by atoms with Gasteiger partial charge in [-0.2, -0.15) is 0 Å². The highest BCUT2D eigenvalue weighted by Crippen LogP contribution is 2.08. The number of allylic oxidation sites excluding steroid dienone is 4. The van der Waals surface area contributed by atoms with Gasteiger partial charge < -0.3 is 4.74 Å². The van der Waals surface area contributed by atoms with Gasteiger partial charge in [0.05, 0.1) is 6.61 Å². The van der Waals surface area contributed by atoms with Crippen molar-refractivity contribution in [2.45, 2.75) is 90.9 Å². The van der Waals surface area contributed by atoms with Gasteiger partial charge in [-0.1, -0.05) is 63.3 Å². The number of carbonyl (C=O) groups excluding carboxylic acids is 1. The zero-order valence-electron chi connectivity index (χ0n) is 14.8. The summed E-state index contributed by atoms with van der Waals surface area (Å²) in [5.74, 6) is -0.0480. The van der Waals surface area contributed by atoms with Crippen LogP contribution in [0.15, 0.2) is 24.3 Å². The van der Waals surface area contributed by atoms with Crippen molar-refractivity contribution in [1.29, 1.82) is 0 Å². The maximum absolute atomic E-state index is 11.1. The van der Waals surface area contributed by atoms with E-state index in [4.69, 9.17) is 4.74 Å². The molecule has 0 heterocycles. The lowest BCUT2D eigenvalue weighted by Crippen LogP contribution is -2.03. The van der Waals surface area contributed by atoms with Crippen molar-refractivity contribution in [3.05, 3.63) is 24.3 Å². The highest BCUT2D eigenvalue weighted by Gasteiger charge is 2.00. The van der Waals surface area contributed by atoms with Crippen LogP contribution in [0.2, 0.25) is 0 Å². The van der Waals surface area contributed by atoms with Crippen molar-refractivity contribution in [2.75, 3.05) is 6.61 Å². The Balaban J connectivity index is 3.22. The Kier molecular flexibility index (Phi) is 17.1. The maximum Gasteiger partial charge on any atom is 0.305 e. The van der Waals surface area contributed by atoms with Crippen LogP contribution in [0.4, 0.5) is 0 Å². The van der Waals surface area contributed by atoms with Crippen LogP contribution >= 0.6 is 0 Å². The van der Waals surface area contributed by atoms with E-state index in [1.807, 2.05) is 6.92 Å². The number of hydrogen-bond donors (Lipinski definition) is 0. The van der Waals surface area contributed by atoms with Crippen LogP contribution in [0.3, 0.4) is 0 Å². The summed E-state index contributed by atoms with van der Waals surface area (Å²) in [6, 6.07) is 0. The van der Waals surface area contributed by atoms with Gasteiger partial charge in [-0.05, 0) is 45.4 Å². The second kappa shape index (κ2) is 18.0. The van der Waals surface area contributed by atoms with E-state index in [9.17, 15) is 4.79 Å². The molecule has 0 aromatic rings. The SMILES string of the molecule is CCCCCC=CCC=CCCCCCCCC(=O)OCC. The smallest absolute Gasteiger partial charge is 0.305 e. The van der Waals surface area contributed by atoms with Crippen LogP contribution < -0.4 is 0 Å². The van der Waals surface area contributed by atoms with E-state index < -0.39 is 0 Å². The maximum atomic E-state index is 11.1. The molecular weight excluding hydrogens is 272 g/mol. The molecule has 0 bridgehead atoms. The monoisotopic (exact) mass is 308 g/mol. The number of rotatable bonds is 15. The number of ether oxygens (including phenoxy) is 1. The zero-order chi connectivity index (χ0) is 16.3. The predicted octanol–water partition coefficient (Wildman–Crippen LogP) is 6.36.